The third-order valence-electron chi connectivity index (χ3n) is 3.56. The zero-order chi connectivity index (χ0) is 11.3. The van der Waals surface area contributed by atoms with Crippen molar-refractivity contribution in [2.45, 2.75) is 58.4 Å². The summed E-state index contributed by atoms with van der Waals surface area (Å²) in [5.41, 5.74) is 0.229. The molecule has 0 bridgehead atoms. The van der Waals surface area contributed by atoms with E-state index in [1.807, 2.05) is 0 Å². The van der Waals surface area contributed by atoms with Gasteiger partial charge in [-0.2, -0.15) is 5.26 Å². The van der Waals surface area contributed by atoms with Crippen molar-refractivity contribution in [3.8, 4) is 6.07 Å². The molecule has 1 unspecified atom stereocenters. The molecule has 1 fully saturated rings. The number of hydrogen-bond acceptors (Lipinski definition) is 2. The Bertz CT molecular complexity index is 227. The molecule has 0 aromatic rings. The first-order chi connectivity index (χ1) is 7.10. The molecule has 1 aliphatic rings. The average molecular weight is 208 g/mol. The Labute approximate surface area is 94.3 Å². The predicted octanol–water partition coefficient (Wildman–Crippen LogP) is 3.19. The molecule has 1 heterocycles. The molecule has 0 amide bonds. The molecule has 1 aliphatic heterocycles. The quantitative estimate of drug-likeness (QED) is 0.663. The number of unbranched alkanes of at least 4 members (excludes halogenated alkanes) is 2. The maximum absolute atomic E-state index is 8.96. The van der Waals surface area contributed by atoms with Gasteiger partial charge in [-0.25, -0.2) is 0 Å². The highest BCUT2D eigenvalue weighted by molar-refractivity contribution is 4.96. The van der Waals surface area contributed by atoms with E-state index in [4.69, 9.17) is 5.26 Å². The van der Waals surface area contributed by atoms with E-state index in [0.717, 1.165) is 19.4 Å². The minimum Gasteiger partial charge on any atom is -0.298 e. The molecule has 1 atom stereocenters. The lowest BCUT2D eigenvalue weighted by molar-refractivity contribution is 0.0587. The van der Waals surface area contributed by atoms with Crippen LogP contribution >= 0.6 is 0 Å². The van der Waals surface area contributed by atoms with Crippen molar-refractivity contribution >= 4 is 0 Å². The summed E-state index contributed by atoms with van der Waals surface area (Å²) >= 11 is 0. The smallest absolute Gasteiger partial charge is 0.0657 e. The van der Waals surface area contributed by atoms with E-state index in [9.17, 15) is 0 Å². The molecule has 0 N–H and O–H groups in total. The SMILES string of the molecule is CCCCCN1CCC(C#N)CC1(C)C. The fourth-order valence-electron chi connectivity index (χ4n) is 2.53. The third kappa shape index (κ3) is 3.50. The van der Waals surface area contributed by atoms with Gasteiger partial charge >= 0.3 is 0 Å². The van der Waals surface area contributed by atoms with E-state index in [-0.39, 0.29) is 11.5 Å². The highest BCUT2D eigenvalue weighted by atomic mass is 15.2. The summed E-state index contributed by atoms with van der Waals surface area (Å²) in [5, 5.41) is 8.96. The molecule has 0 radical (unpaired) electrons. The van der Waals surface area contributed by atoms with Crippen LogP contribution in [0.4, 0.5) is 0 Å². The van der Waals surface area contributed by atoms with Gasteiger partial charge in [0.1, 0.15) is 0 Å². The van der Waals surface area contributed by atoms with Crippen LogP contribution in [0.2, 0.25) is 0 Å². The van der Waals surface area contributed by atoms with Crippen molar-refractivity contribution in [1.29, 1.82) is 5.26 Å². The highest BCUT2D eigenvalue weighted by Crippen LogP contribution is 2.31. The van der Waals surface area contributed by atoms with Gasteiger partial charge in [0.05, 0.1) is 6.07 Å². The summed E-state index contributed by atoms with van der Waals surface area (Å²) < 4.78 is 0. The number of likely N-dealkylation sites (tertiary alicyclic amines) is 1. The summed E-state index contributed by atoms with van der Waals surface area (Å²) in [6.07, 6.45) is 6.02. The monoisotopic (exact) mass is 208 g/mol. The lowest BCUT2D eigenvalue weighted by atomic mass is 9.83. The second kappa shape index (κ2) is 5.51. The van der Waals surface area contributed by atoms with Gasteiger partial charge in [0.25, 0.3) is 0 Å². The summed E-state index contributed by atoms with van der Waals surface area (Å²) in [6, 6.07) is 2.42. The van der Waals surface area contributed by atoms with E-state index in [1.165, 1.54) is 25.8 Å². The Morgan fingerprint density at radius 3 is 2.67 bits per heavy atom. The van der Waals surface area contributed by atoms with Crippen LogP contribution in [-0.2, 0) is 0 Å². The van der Waals surface area contributed by atoms with Crippen molar-refractivity contribution in [2.75, 3.05) is 13.1 Å². The first kappa shape index (κ1) is 12.5. The molecule has 15 heavy (non-hydrogen) atoms. The number of hydrogen-bond donors (Lipinski definition) is 0. The van der Waals surface area contributed by atoms with Crippen molar-refractivity contribution in [1.82, 2.24) is 4.90 Å². The molecule has 0 aromatic carbocycles. The Morgan fingerprint density at radius 1 is 1.40 bits per heavy atom. The molecule has 0 spiro atoms. The van der Waals surface area contributed by atoms with Crippen LogP contribution in [0.1, 0.15) is 52.9 Å². The van der Waals surface area contributed by atoms with Gasteiger partial charge < -0.3 is 0 Å². The van der Waals surface area contributed by atoms with Gasteiger partial charge in [0.15, 0.2) is 0 Å². The normalized spacial score (nSPS) is 26.1. The zero-order valence-electron chi connectivity index (χ0n) is 10.4. The van der Waals surface area contributed by atoms with Crippen LogP contribution in [0.3, 0.4) is 0 Å². The molecule has 0 aliphatic carbocycles. The minimum absolute atomic E-state index is 0.229. The Balaban J connectivity index is 2.42. The molecular formula is C13H24N2. The number of nitriles is 1. The topological polar surface area (TPSA) is 27.0 Å². The van der Waals surface area contributed by atoms with E-state index < -0.39 is 0 Å². The first-order valence-electron chi connectivity index (χ1n) is 6.25. The maximum atomic E-state index is 8.96. The van der Waals surface area contributed by atoms with Gasteiger partial charge in [-0.05, 0) is 46.2 Å². The van der Waals surface area contributed by atoms with Crippen LogP contribution in [0.25, 0.3) is 0 Å². The summed E-state index contributed by atoms with van der Waals surface area (Å²) in [4.78, 5) is 2.57. The largest absolute Gasteiger partial charge is 0.298 e. The van der Waals surface area contributed by atoms with Crippen LogP contribution in [0, 0.1) is 17.2 Å². The Kier molecular flexibility index (Phi) is 4.60. The highest BCUT2D eigenvalue weighted by Gasteiger charge is 2.33. The van der Waals surface area contributed by atoms with Gasteiger partial charge in [-0.1, -0.05) is 19.8 Å². The first-order valence-corrected chi connectivity index (χ1v) is 6.25. The molecule has 2 nitrogen and oxygen atoms in total. The van der Waals surface area contributed by atoms with E-state index >= 15 is 0 Å². The van der Waals surface area contributed by atoms with Crippen molar-refractivity contribution < 1.29 is 0 Å². The molecule has 2 heteroatoms. The van der Waals surface area contributed by atoms with Crippen LogP contribution in [0.15, 0.2) is 0 Å². The summed E-state index contributed by atoms with van der Waals surface area (Å²) in [5.74, 6) is 0.280. The van der Waals surface area contributed by atoms with Gasteiger partial charge in [0.2, 0.25) is 0 Å². The lowest BCUT2D eigenvalue weighted by Crippen LogP contribution is -2.50. The summed E-state index contributed by atoms with van der Waals surface area (Å²) in [6.45, 7) is 9.12. The lowest BCUT2D eigenvalue weighted by Gasteiger charge is -2.44. The van der Waals surface area contributed by atoms with Gasteiger partial charge in [-0.3, -0.25) is 4.90 Å². The standard InChI is InChI=1S/C13H24N2/c1-4-5-6-8-15-9-7-12(11-14)10-13(15,2)3/h12H,4-10H2,1-3H3. The van der Waals surface area contributed by atoms with E-state index in [1.54, 1.807) is 0 Å². The van der Waals surface area contributed by atoms with Crippen molar-refractivity contribution in [3.05, 3.63) is 0 Å². The second-order valence-electron chi connectivity index (χ2n) is 5.33. The third-order valence-corrected chi connectivity index (χ3v) is 3.56. The van der Waals surface area contributed by atoms with Crippen molar-refractivity contribution in [3.63, 3.8) is 0 Å². The second-order valence-corrected chi connectivity index (χ2v) is 5.33. The van der Waals surface area contributed by atoms with E-state index in [0.29, 0.717) is 0 Å². The van der Waals surface area contributed by atoms with E-state index in [2.05, 4.69) is 31.7 Å². The van der Waals surface area contributed by atoms with Crippen LogP contribution in [0.5, 0.6) is 0 Å². The van der Waals surface area contributed by atoms with Crippen molar-refractivity contribution in [2.24, 2.45) is 5.92 Å². The van der Waals surface area contributed by atoms with Crippen LogP contribution in [-0.4, -0.2) is 23.5 Å². The molecule has 1 rings (SSSR count). The van der Waals surface area contributed by atoms with Crippen LogP contribution < -0.4 is 0 Å². The zero-order valence-corrected chi connectivity index (χ0v) is 10.4. The molecule has 0 aromatic heterocycles. The fourth-order valence-corrected chi connectivity index (χ4v) is 2.53. The minimum atomic E-state index is 0.229. The number of nitrogens with zero attached hydrogens (tertiary/aromatic N) is 2. The number of piperidine rings is 1. The number of rotatable bonds is 4. The van der Waals surface area contributed by atoms with Gasteiger partial charge in [0, 0.05) is 11.5 Å². The fraction of sp³-hybridized carbons (Fsp3) is 0.923. The molecule has 1 saturated heterocycles. The average Bonchev–Trinajstić information content (AvgIpc) is 2.20. The van der Waals surface area contributed by atoms with Gasteiger partial charge in [-0.15, -0.1) is 0 Å². The molecule has 0 saturated carbocycles. The summed E-state index contributed by atoms with van der Waals surface area (Å²) in [7, 11) is 0. The molecular weight excluding hydrogens is 184 g/mol. The Morgan fingerprint density at radius 2 is 2.13 bits per heavy atom. The predicted molar refractivity (Wildman–Crippen MR) is 63.5 cm³/mol. The Hall–Kier alpha value is -0.550. The maximum Gasteiger partial charge on any atom is 0.0657 e. The molecule has 86 valence electrons.